The first-order chi connectivity index (χ1) is 13.5. The lowest BCUT2D eigenvalue weighted by molar-refractivity contribution is -0.150. The smallest absolute Gasteiger partial charge is 0.326 e. The van der Waals surface area contributed by atoms with Gasteiger partial charge in [0.15, 0.2) is 6.61 Å². The third-order valence-electron chi connectivity index (χ3n) is 4.62. The Balaban J connectivity index is 1.86. The summed E-state index contributed by atoms with van der Waals surface area (Å²) in [7, 11) is 0. The van der Waals surface area contributed by atoms with Crippen molar-refractivity contribution < 1.29 is 23.9 Å². The Bertz CT molecular complexity index is 826. The number of halogens is 1. The number of carbonyl (C=O) groups excluding carboxylic acids is 4. The zero-order valence-corrected chi connectivity index (χ0v) is 17.8. The van der Waals surface area contributed by atoms with Gasteiger partial charge in [-0.1, -0.05) is 31.5 Å². The number of imide groups is 1. The van der Waals surface area contributed by atoms with E-state index in [0.717, 1.165) is 16.9 Å². The van der Waals surface area contributed by atoms with Gasteiger partial charge in [-0.25, -0.2) is 4.79 Å². The zero-order valence-electron chi connectivity index (χ0n) is 17.0. The van der Waals surface area contributed by atoms with Crippen LogP contribution in [0.2, 0.25) is 5.02 Å². The quantitative estimate of drug-likeness (QED) is 0.494. The van der Waals surface area contributed by atoms with Crippen molar-refractivity contribution in [3.05, 3.63) is 28.8 Å². The maximum atomic E-state index is 12.6. The van der Waals surface area contributed by atoms with Crippen molar-refractivity contribution in [3.63, 3.8) is 0 Å². The number of rotatable bonds is 8. The average molecular weight is 424 g/mol. The molecule has 0 saturated carbocycles. The fraction of sp³-hybridized carbons (Fsp3) is 0.500. The van der Waals surface area contributed by atoms with Gasteiger partial charge in [0.2, 0.25) is 0 Å². The van der Waals surface area contributed by atoms with Crippen molar-refractivity contribution >= 4 is 41.1 Å². The summed E-state index contributed by atoms with van der Waals surface area (Å²) < 4.78 is 4.90. The lowest BCUT2D eigenvalue weighted by atomic mass is 9.92. The van der Waals surface area contributed by atoms with Gasteiger partial charge in [0, 0.05) is 0 Å². The molecule has 0 bridgehead atoms. The van der Waals surface area contributed by atoms with Gasteiger partial charge in [0.25, 0.3) is 11.8 Å². The second-order valence-corrected chi connectivity index (χ2v) is 8.19. The number of esters is 1. The van der Waals surface area contributed by atoms with Crippen LogP contribution in [0.4, 0.5) is 10.5 Å². The summed E-state index contributed by atoms with van der Waals surface area (Å²) in [6.07, 6.45) is 1.23. The molecule has 1 aromatic rings. The molecular weight excluding hydrogens is 398 g/mol. The Morgan fingerprint density at radius 3 is 2.62 bits per heavy atom. The second kappa shape index (κ2) is 9.26. The Morgan fingerprint density at radius 1 is 1.31 bits per heavy atom. The van der Waals surface area contributed by atoms with Gasteiger partial charge < -0.3 is 15.4 Å². The number of urea groups is 1. The van der Waals surface area contributed by atoms with Gasteiger partial charge >= 0.3 is 12.0 Å². The van der Waals surface area contributed by atoms with Crippen LogP contribution in [0.5, 0.6) is 0 Å². The minimum Gasteiger partial charge on any atom is -0.454 e. The number of benzene rings is 1. The van der Waals surface area contributed by atoms with E-state index in [2.05, 4.69) is 10.6 Å². The molecule has 1 saturated heterocycles. The van der Waals surface area contributed by atoms with E-state index in [4.69, 9.17) is 16.3 Å². The summed E-state index contributed by atoms with van der Waals surface area (Å²) in [6.45, 7) is 6.43. The van der Waals surface area contributed by atoms with E-state index in [-0.39, 0.29) is 0 Å². The van der Waals surface area contributed by atoms with Crippen molar-refractivity contribution in [2.75, 3.05) is 18.5 Å². The molecule has 1 fully saturated rings. The van der Waals surface area contributed by atoms with Crippen molar-refractivity contribution in [3.8, 4) is 0 Å². The van der Waals surface area contributed by atoms with Gasteiger partial charge in [-0.3, -0.25) is 19.3 Å². The van der Waals surface area contributed by atoms with Crippen LogP contribution in [0.15, 0.2) is 18.2 Å². The van der Waals surface area contributed by atoms with Crippen LogP contribution < -0.4 is 10.6 Å². The molecule has 1 atom stereocenters. The molecule has 1 aromatic carbocycles. The monoisotopic (exact) mass is 423 g/mol. The number of carbonyl (C=O) groups is 4. The Labute approximate surface area is 174 Å². The molecule has 8 nitrogen and oxygen atoms in total. The molecular formula is C20H26ClN3O5. The zero-order chi connectivity index (χ0) is 21.8. The normalized spacial score (nSPS) is 18.8. The highest BCUT2D eigenvalue weighted by Crippen LogP contribution is 2.25. The van der Waals surface area contributed by atoms with Crippen molar-refractivity contribution in [1.82, 2.24) is 10.2 Å². The molecule has 2 N–H and O–H groups in total. The van der Waals surface area contributed by atoms with Crippen LogP contribution in [0, 0.1) is 12.8 Å². The van der Waals surface area contributed by atoms with E-state index in [9.17, 15) is 19.2 Å². The summed E-state index contributed by atoms with van der Waals surface area (Å²) in [5.74, 6) is -1.54. The lowest BCUT2D eigenvalue weighted by Gasteiger charge is -2.22. The third-order valence-corrected chi connectivity index (χ3v) is 4.93. The molecule has 0 spiro atoms. The second-order valence-electron chi connectivity index (χ2n) is 7.78. The predicted octanol–water partition coefficient (Wildman–Crippen LogP) is 2.88. The number of hydrogen-bond donors (Lipinski definition) is 2. The Kier molecular flexibility index (Phi) is 7.24. The van der Waals surface area contributed by atoms with E-state index in [1.165, 1.54) is 0 Å². The summed E-state index contributed by atoms with van der Waals surface area (Å²) in [6, 6.07) is 4.47. The maximum Gasteiger partial charge on any atom is 0.326 e. The van der Waals surface area contributed by atoms with Crippen LogP contribution in [0.3, 0.4) is 0 Å². The van der Waals surface area contributed by atoms with Crippen LogP contribution in [0.25, 0.3) is 0 Å². The summed E-state index contributed by atoms with van der Waals surface area (Å²) >= 11 is 6.04. The maximum absolute atomic E-state index is 12.6. The SMILES string of the molecule is Cc1ccc(NC(=O)COC(=O)CN2C(=O)N[C@](C)(CCC(C)C)C2=O)c(Cl)c1. The molecule has 0 radical (unpaired) electrons. The highest BCUT2D eigenvalue weighted by molar-refractivity contribution is 6.33. The topological polar surface area (TPSA) is 105 Å². The number of nitrogens with one attached hydrogen (secondary N) is 2. The van der Waals surface area contributed by atoms with E-state index in [1.807, 2.05) is 20.8 Å². The summed E-state index contributed by atoms with van der Waals surface area (Å²) in [4.78, 5) is 49.5. The van der Waals surface area contributed by atoms with Crippen LogP contribution in [0.1, 0.15) is 39.2 Å². The number of aryl methyl sites for hydroxylation is 1. The molecule has 158 valence electrons. The van der Waals surface area contributed by atoms with Gasteiger partial charge in [-0.15, -0.1) is 0 Å². The van der Waals surface area contributed by atoms with Crippen molar-refractivity contribution in [2.24, 2.45) is 5.92 Å². The molecule has 4 amide bonds. The van der Waals surface area contributed by atoms with E-state index < -0.39 is 42.5 Å². The molecule has 1 aliphatic heterocycles. The van der Waals surface area contributed by atoms with Crippen molar-refractivity contribution in [1.29, 1.82) is 0 Å². The fourth-order valence-electron chi connectivity index (χ4n) is 2.87. The first-order valence-corrected chi connectivity index (χ1v) is 9.75. The number of hydrogen-bond acceptors (Lipinski definition) is 5. The van der Waals surface area contributed by atoms with Gasteiger partial charge in [0.1, 0.15) is 12.1 Å². The van der Waals surface area contributed by atoms with Crippen LogP contribution in [-0.2, 0) is 19.1 Å². The molecule has 1 heterocycles. The fourth-order valence-corrected chi connectivity index (χ4v) is 3.15. The number of amides is 4. The molecule has 1 aliphatic rings. The molecule has 2 rings (SSSR count). The molecule has 0 aliphatic carbocycles. The van der Waals surface area contributed by atoms with Crippen molar-refractivity contribution in [2.45, 2.75) is 46.1 Å². The van der Waals surface area contributed by atoms with Gasteiger partial charge in [0.05, 0.1) is 10.7 Å². The van der Waals surface area contributed by atoms with Crippen LogP contribution in [-0.4, -0.2) is 47.4 Å². The highest BCUT2D eigenvalue weighted by atomic mass is 35.5. The number of anilines is 1. The Hall–Kier alpha value is -2.61. The predicted molar refractivity (Wildman–Crippen MR) is 108 cm³/mol. The Morgan fingerprint density at radius 2 is 2.00 bits per heavy atom. The first kappa shape index (κ1) is 22.7. The molecule has 0 unspecified atom stereocenters. The minimum atomic E-state index is -1.04. The van der Waals surface area contributed by atoms with Gasteiger partial charge in [-0.2, -0.15) is 0 Å². The summed E-state index contributed by atoms with van der Waals surface area (Å²) in [5.41, 5.74) is 0.294. The summed E-state index contributed by atoms with van der Waals surface area (Å²) in [5, 5.41) is 5.54. The molecule has 0 aromatic heterocycles. The van der Waals surface area contributed by atoms with E-state index in [0.29, 0.717) is 23.0 Å². The third kappa shape index (κ3) is 5.93. The first-order valence-electron chi connectivity index (χ1n) is 9.37. The van der Waals surface area contributed by atoms with Crippen LogP contribution >= 0.6 is 11.6 Å². The van der Waals surface area contributed by atoms with Gasteiger partial charge in [-0.05, 0) is 50.3 Å². The van der Waals surface area contributed by atoms with E-state index >= 15 is 0 Å². The molecule has 9 heteroatoms. The van der Waals surface area contributed by atoms with E-state index in [1.54, 1.807) is 25.1 Å². The minimum absolute atomic E-state index is 0.365. The largest absolute Gasteiger partial charge is 0.454 e. The molecule has 29 heavy (non-hydrogen) atoms. The highest BCUT2D eigenvalue weighted by Gasteiger charge is 2.48. The number of nitrogens with zero attached hydrogens (tertiary/aromatic N) is 1. The lowest BCUT2D eigenvalue weighted by Crippen LogP contribution is -2.44. The standard InChI is InChI=1S/C20H26ClN3O5/c1-12(2)7-8-20(4)18(27)24(19(28)23-20)10-17(26)29-11-16(25)22-15-6-5-13(3)9-14(15)21/h5-6,9,12H,7-8,10-11H2,1-4H3,(H,22,25)(H,23,28)/t20-/m1/s1. The number of ether oxygens (including phenoxy) is 1. The average Bonchev–Trinajstić information content (AvgIpc) is 2.84.